The first-order chi connectivity index (χ1) is 16.0. The van der Waals surface area contributed by atoms with Crippen molar-refractivity contribution < 1.29 is 4.79 Å². The minimum atomic E-state index is -0.100. The van der Waals surface area contributed by atoms with E-state index in [2.05, 4.69) is 15.3 Å². The maximum atomic E-state index is 13.4. The Morgan fingerprint density at radius 1 is 1.12 bits per heavy atom. The third-order valence-electron chi connectivity index (χ3n) is 6.23. The summed E-state index contributed by atoms with van der Waals surface area (Å²) in [5, 5.41) is 3.88. The van der Waals surface area contributed by atoms with E-state index in [0.717, 1.165) is 22.3 Å². The van der Waals surface area contributed by atoms with Crippen LogP contribution in [0.4, 0.5) is 11.5 Å². The molecule has 3 heterocycles. The molecular weight excluding hydrogens is 438 g/mol. The van der Waals surface area contributed by atoms with Gasteiger partial charge in [-0.1, -0.05) is 29.8 Å². The summed E-state index contributed by atoms with van der Waals surface area (Å²) < 4.78 is 1.83. The molecule has 2 N–H and O–H groups in total. The van der Waals surface area contributed by atoms with E-state index in [9.17, 15) is 9.59 Å². The van der Waals surface area contributed by atoms with E-state index >= 15 is 0 Å². The number of anilines is 2. The number of aromatic nitrogens is 3. The van der Waals surface area contributed by atoms with Gasteiger partial charge in [-0.3, -0.25) is 9.36 Å². The number of piperidine rings is 1. The van der Waals surface area contributed by atoms with Crippen molar-refractivity contribution in [1.29, 1.82) is 0 Å². The van der Waals surface area contributed by atoms with Gasteiger partial charge in [0.2, 0.25) is 0 Å². The van der Waals surface area contributed by atoms with Crippen LogP contribution < -0.4 is 11.0 Å². The van der Waals surface area contributed by atoms with Crippen LogP contribution in [-0.4, -0.2) is 38.4 Å². The van der Waals surface area contributed by atoms with Crippen LogP contribution in [0.15, 0.2) is 65.6 Å². The van der Waals surface area contributed by atoms with E-state index in [4.69, 9.17) is 11.6 Å². The standard InChI is InChI=1S/C25H24ClN5O2/c1-16-8-9-17(26)15-21(16)28-23-19(5-4-12-27-23)24(32)30-13-10-18(11-14-30)31-22-7-3-2-6-20(22)29-25(31)33/h2-9,12,15,18H,10-11,13-14H2,1H3,(H,27,28)(H,29,33). The molecule has 2 aromatic heterocycles. The fourth-order valence-electron chi connectivity index (χ4n) is 4.47. The fraction of sp³-hybridized carbons (Fsp3) is 0.240. The molecule has 0 atom stereocenters. The molecule has 1 amide bonds. The summed E-state index contributed by atoms with van der Waals surface area (Å²) in [6.45, 7) is 3.11. The van der Waals surface area contributed by atoms with Gasteiger partial charge in [-0.2, -0.15) is 0 Å². The number of benzene rings is 2. The Kier molecular flexibility index (Phi) is 5.64. The predicted octanol–water partition coefficient (Wildman–Crippen LogP) is 4.91. The van der Waals surface area contributed by atoms with Crippen molar-refractivity contribution >= 4 is 40.0 Å². The molecule has 0 radical (unpaired) electrons. The molecule has 2 aromatic carbocycles. The van der Waals surface area contributed by atoms with Crippen molar-refractivity contribution in [2.24, 2.45) is 0 Å². The average Bonchev–Trinajstić information content (AvgIpc) is 3.17. The number of rotatable bonds is 4. The van der Waals surface area contributed by atoms with E-state index in [1.54, 1.807) is 18.3 Å². The Morgan fingerprint density at radius 3 is 2.73 bits per heavy atom. The zero-order chi connectivity index (χ0) is 22.9. The van der Waals surface area contributed by atoms with Gasteiger partial charge in [-0.15, -0.1) is 0 Å². The normalized spacial score (nSPS) is 14.5. The van der Waals surface area contributed by atoms with Gasteiger partial charge in [0.15, 0.2) is 0 Å². The second-order valence-corrected chi connectivity index (χ2v) is 8.76. The minimum Gasteiger partial charge on any atom is -0.339 e. The Bertz CT molecular complexity index is 1390. The highest BCUT2D eigenvalue weighted by atomic mass is 35.5. The van der Waals surface area contributed by atoms with Crippen molar-refractivity contribution in [2.45, 2.75) is 25.8 Å². The van der Waals surface area contributed by atoms with E-state index in [1.807, 2.05) is 58.9 Å². The van der Waals surface area contributed by atoms with E-state index in [-0.39, 0.29) is 17.6 Å². The van der Waals surface area contributed by atoms with Crippen LogP contribution in [0, 0.1) is 6.92 Å². The van der Waals surface area contributed by atoms with E-state index < -0.39 is 0 Å². The number of pyridine rings is 1. The monoisotopic (exact) mass is 461 g/mol. The molecule has 0 saturated carbocycles. The number of imidazole rings is 1. The molecule has 7 nitrogen and oxygen atoms in total. The number of aromatic amines is 1. The second-order valence-electron chi connectivity index (χ2n) is 8.32. The number of nitrogens with one attached hydrogen (secondary N) is 2. The maximum Gasteiger partial charge on any atom is 0.326 e. The highest BCUT2D eigenvalue weighted by Gasteiger charge is 2.28. The number of para-hydroxylation sites is 2. The Hall–Kier alpha value is -3.58. The van der Waals surface area contributed by atoms with Crippen molar-refractivity contribution in [3.8, 4) is 0 Å². The largest absolute Gasteiger partial charge is 0.339 e. The van der Waals surface area contributed by atoms with Crippen molar-refractivity contribution in [2.75, 3.05) is 18.4 Å². The van der Waals surface area contributed by atoms with E-state index in [0.29, 0.717) is 42.3 Å². The number of nitrogens with zero attached hydrogens (tertiary/aromatic N) is 3. The summed E-state index contributed by atoms with van der Waals surface area (Å²) in [6.07, 6.45) is 3.09. The number of halogens is 1. The highest BCUT2D eigenvalue weighted by molar-refractivity contribution is 6.30. The van der Waals surface area contributed by atoms with Gasteiger partial charge in [0.05, 0.1) is 16.6 Å². The number of amides is 1. The highest BCUT2D eigenvalue weighted by Crippen LogP contribution is 2.28. The first kappa shape index (κ1) is 21.3. The van der Waals surface area contributed by atoms with Gasteiger partial charge >= 0.3 is 5.69 Å². The number of carbonyl (C=O) groups is 1. The van der Waals surface area contributed by atoms with Crippen LogP contribution in [0.3, 0.4) is 0 Å². The minimum absolute atomic E-state index is 0.0540. The third kappa shape index (κ3) is 4.12. The first-order valence-corrected chi connectivity index (χ1v) is 11.4. The molecule has 0 unspecified atom stereocenters. The van der Waals surface area contributed by atoms with Gasteiger partial charge in [0.25, 0.3) is 5.91 Å². The maximum absolute atomic E-state index is 13.4. The van der Waals surface area contributed by atoms with Crippen molar-refractivity contribution in [1.82, 2.24) is 19.4 Å². The molecule has 168 valence electrons. The van der Waals surface area contributed by atoms with Gasteiger partial charge in [-0.25, -0.2) is 9.78 Å². The van der Waals surface area contributed by atoms with Crippen LogP contribution in [0.25, 0.3) is 11.0 Å². The zero-order valence-corrected chi connectivity index (χ0v) is 19.0. The smallest absolute Gasteiger partial charge is 0.326 e. The number of fused-ring (bicyclic) bond motifs is 1. The SMILES string of the molecule is Cc1ccc(Cl)cc1Nc1ncccc1C(=O)N1CCC(n2c(=O)[nH]c3ccccc32)CC1. The average molecular weight is 462 g/mol. The van der Waals surface area contributed by atoms with Crippen LogP contribution in [-0.2, 0) is 0 Å². The number of hydrogen-bond acceptors (Lipinski definition) is 4. The Morgan fingerprint density at radius 2 is 1.91 bits per heavy atom. The number of carbonyl (C=O) groups excluding carboxylic acids is 1. The molecule has 1 aliphatic rings. The number of H-pyrrole nitrogens is 1. The second kappa shape index (κ2) is 8.75. The number of hydrogen-bond donors (Lipinski definition) is 2. The zero-order valence-electron chi connectivity index (χ0n) is 18.2. The summed E-state index contributed by atoms with van der Waals surface area (Å²) in [4.78, 5) is 35.1. The molecule has 1 aliphatic heterocycles. The Labute approximate surface area is 196 Å². The molecule has 0 aliphatic carbocycles. The summed E-state index contributed by atoms with van der Waals surface area (Å²) in [5.41, 5.74) is 3.98. The van der Waals surface area contributed by atoms with Crippen LogP contribution in [0.2, 0.25) is 5.02 Å². The molecule has 5 rings (SSSR count). The lowest BCUT2D eigenvalue weighted by Gasteiger charge is -2.33. The Balaban J connectivity index is 1.34. The number of likely N-dealkylation sites (tertiary alicyclic amines) is 1. The fourth-order valence-corrected chi connectivity index (χ4v) is 4.64. The summed E-state index contributed by atoms with van der Waals surface area (Å²) in [5.74, 6) is 0.429. The molecule has 4 aromatic rings. The first-order valence-electron chi connectivity index (χ1n) is 11.0. The summed E-state index contributed by atoms with van der Waals surface area (Å²) in [6, 6.07) is 16.9. The molecule has 0 spiro atoms. The lowest BCUT2D eigenvalue weighted by Crippen LogP contribution is -2.40. The number of aryl methyl sites for hydroxylation is 1. The third-order valence-corrected chi connectivity index (χ3v) is 6.47. The van der Waals surface area contributed by atoms with Crippen LogP contribution >= 0.6 is 11.6 Å². The van der Waals surface area contributed by atoms with Gasteiger partial charge < -0.3 is 15.2 Å². The van der Waals surface area contributed by atoms with E-state index in [1.165, 1.54) is 0 Å². The van der Waals surface area contributed by atoms with Gasteiger partial charge in [0, 0.05) is 36.0 Å². The quantitative estimate of drug-likeness (QED) is 0.452. The van der Waals surface area contributed by atoms with Crippen molar-refractivity contribution in [3.05, 3.63) is 87.4 Å². The summed E-state index contributed by atoms with van der Waals surface area (Å²) in [7, 11) is 0. The topological polar surface area (TPSA) is 83.0 Å². The molecule has 1 saturated heterocycles. The van der Waals surface area contributed by atoms with Gasteiger partial charge in [0.1, 0.15) is 5.82 Å². The molecule has 33 heavy (non-hydrogen) atoms. The predicted molar refractivity (Wildman–Crippen MR) is 130 cm³/mol. The van der Waals surface area contributed by atoms with Crippen LogP contribution in [0.5, 0.6) is 0 Å². The molecule has 0 bridgehead atoms. The molecule has 8 heteroatoms. The molecule has 1 fully saturated rings. The van der Waals surface area contributed by atoms with Crippen molar-refractivity contribution in [3.63, 3.8) is 0 Å². The lowest BCUT2D eigenvalue weighted by atomic mass is 10.0. The van der Waals surface area contributed by atoms with Gasteiger partial charge in [-0.05, 0) is 61.7 Å². The molecular formula is C25H24ClN5O2. The lowest BCUT2D eigenvalue weighted by molar-refractivity contribution is 0.0695. The summed E-state index contributed by atoms with van der Waals surface area (Å²) >= 11 is 6.15. The van der Waals surface area contributed by atoms with Crippen LogP contribution in [0.1, 0.15) is 34.8 Å².